The predicted octanol–water partition coefficient (Wildman–Crippen LogP) is 4.52. The number of thioether (sulfide) groups is 2. The molecule has 6 nitrogen and oxygen atoms in total. The maximum atomic E-state index is 13.1. The number of hydrogen-bond acceptors (Lipinski definition) is 6. The van der Waals surface area contributed by atoms with Gasteiger partial charge in [0.1, 0.15) is 0 Å². The van der Waals surface area contributed by atoms with E-state index in [2.05, 4.69) is 0 Å². The Hall–Kier alpha value is -2.29. The molecule has 0 N–H and O–H groups in total. The van der Waals surface area contributed by atoms with E-state index in [4.69, 9.17) is 4.74 Å². The first-order valence-electron chi connectivity index (χ1n) is 10.1. The van der Waals surface area contributed by atoms with E-state index >= 15 is 0 Å². The minimum absolute atomic E-state index is 0.0433. The van der Waals surface area contributed by atoms with Crippen LogP contribution in [0, 0.1) is 6.92 Å². The number of rotatable bonds is 6. The van der Waals surface area contributed by atoms with E-state index in [9.17, 15) is 14.4 Å². The average molecular weight is 457 g/mol. The van der Waals surface area contributed by atoms with Gasteiger partial charge in [0.05, 0.1) is 23.6 Å². The normalized spacial score (nSPS) is 20.4. The Morgan fingerprint density at radius 1 is 1.06 bits per heavy atom. The van der Waals surface area contributed by atoms with Crippen LogP contribution < -0.4 is 0 Å². The van der Waals surface area contributed by atoms with Crippen molar-refractivity contribution >= 4 is 40.6 Å². The number of imide groups is 1. The Bertz CT molecular complexity index is 1030. The molecule has 3 amide bonds. The molecule has 2 aliphatic heterocycles. The third-order valence-corrected chi connectivity index (χ3v) is 7.55. The summed E-state index contributed by atoms with van der Waals surface area (Å²) < 4.78 is 5.76. The summed E-state index contributed by atoms with van der Waals surface area (Å²) in [7, 11) is 0. The average Bonchev–Trinajstić information content (AvgIpc) is 2.99. The topological polar surface area (TPSA) is 66.9 Å². The minimum Gasteiger partial charge on any atom is -0.355 e. The smallest absolute Gasteiger partial charge is 0.291 e. The van der Waals surface area contributed by atoms with Crippen molar-refractivity contribution in [1.29, 1.82) is 0 Å². The molecule has 2 aromatic rings. The summed E-state index contributed by atoms with van der Waals surface area (Å²) in [6.45, 7) is 6.70. The first kappa shape index (κ1) is 21.9. The largest absolute Gasteiger partial charge is 0.355 e. The number of benzene rings is 2. The van der Waals surface area contributed by atoms with E-state index in [1.807, 2.05) is 69.3 Å². The second-order valence-corrected chi connectivity index (χ2v) is 10.7. The number of ether oxygens (including phenoxy) is 1. The molecule has 31 heavy (non-hydrogen) atoms. The number of carbonyl (C=O) groups excluding carboxylic acids is 3. The third-order valence-electron chi connectivity index (χ3n) is 5.28. The molecule has 0 aliphatic carbocycles. The predicted molar refractivity (Wildman–Crippen MR) is 122 cm³/mol. The highest BCUT2D eigenvalue weighted by molar-refractivity contribution is 8.15. The van der Waals surface area contributed by atoms with E-state index in [0.717, 1.165) is 27.8 Å². The summed E-state index contributed by atoms with van der Waals surface area (Å²) in [6, 6.07) is 15.3. The fourth-order valence-electron chi connectivity index (χ4n) is 3.67. The molecular weight excluding hydrogens is 432 g/mol. The van der Waals surface area contributed by atoms with Crippen LogP contribution in [0.1, 0.15) is 35.3 Å². The number of amides is 3. The van der Waals surface area contributed by atoms with Crippen molar-refractivity contribution in [2.45, 2.75) is 42.5 Å². The highest BCUT2D eigenvalue weighted by atomic mass is 32.2. The van der Waals surface area contributed by atoms with Gasteiger partial charge in [-0.2, -0.15) is 0 Å². The number of aryl methyl sites for hydroxylation is 1. The molecule has 2 aromatic carbocycles. The van der Waals surface area contributed by atoms with Crippen LogP contribution in [0.15, 0.2) is 53.4 Å². The Morgan fingerprint density at radius 3 is 2.55 bits per heavy atom. The lowest BCUT2D eigenvalue weighted by Gasteiger charge is -2.42. The van der Waals surface area contributed by atoms with Gasteiger partial charge in [0.2, 0.25) is 0 Å². The van der Waals surface area contributed by atoms with Crippen molar-refractivity contribution in [2.24, 2.45) is 0 Å². The summed E-state index contributed by atoms with van der Waals surface area (Å²) in [5, 5.41) is -0.312. The van der Waals surface area contributed by atoms with Crippen molar-refractivity contribution in [3.63, 3.8) is 0 Å². The zero-order valence-electron chi connectivity index (χ0n) is 17.7. The molecule has 0 saturated carbocycles. The molecule has 1 saturated heterocycles. The lowest BCUT2D eigenvalue weighted by Crippen LogP contribution is -2.50. The summed E-state index contributed by atoms with van der Waals surface area (Å²) in [5.41, 5.74) is 1.74. The maximum absolute atomic E-state index is 13.1. The van der Waals surface area contributed by atoms with Gasteiger partial charge < -0.3 is 9.64 Å². The van der Waals surface area contributed by atoms with Crippen molar-refractivity contribution in [1.82, 2.24) is 9.80 Å². The third kappa shape index (κ3) is 4.51. The molecule has 8 heteroatoms. The number of nitrogens with zero attached hydrogens (tertiary/aromatic N) is 2. The van der Waals surface area contributed by atoms with Crippen LogP contribution in [0.4, 0.5) is 4.79 Å². The second kappa shape index (κ2) is 8.68. The van der Waals surface area contributed by atoms with E-state index in [0.29, 0.717) is 12.1 Å². The van der Waals surface area contributed by atoms with Gasteiger partial charge in [0.15, 0.2) is 5.44 Å². The number of fused-ring (bicyclic) bond motifs is 1. The van der Waals surface area contributed by atoms with Crippen LogP contribution in [-0.4, -0.2) is 50.3 Å². The van der Waals surface area contributed by atoms with E-state index in [1.54, 1.807) is 16.7 Å². The summed E-state index contributed by atoms with van der Waals surface area (Å²) >= 11 is 2.52. The zero-order valence-corrected chi connectivity index (χ0v) is 19.3. The van der Waals surface area contributed by atoms with Crippen LogP contribution >= 0.6 is 23.5 Å². The van der Waals surface area contributed by atoms with Crippen LogP contribution in [0.25, 0.3) is 0 Å². The van der Waals surface area contributed by atoms with Gasteiger partial charge in [0.25, 0.3) is 17.1 Å². The molecule has 4 rings (SSSR count). The highest BCUT2D eigenvalue weighted by Gasteiger charge is 2.42. The lowest BCUT2D eigenvalue weighted by molar-refractivity contribution is -0.134. The summed E-state index contributed by atoms with van der Waals surface area (Å²) in [6.07, 6.45) is 0. The van der Waals surface area contributed by atoms with Gasteiger partial charge >= 0.3 is 0 Å². The Labute approximate surface area is 190 Å². The SMILES string of the molecule is Cc1ccc2c(c1)C(=O)N(CCOC1SC(=O)N(Cc3ccccc3)C1=O)C(C)(C)S2. The molecule has 1 unspecified atom stereocenters. The highest BCUT2D eigenvalue weighted by Crippen LogP contribution is 2.43. The van der Waals surface area contributed by atoms with Gasteiger partial charge in [-0.1, -0.05) is 53.7 Å². The first-order chi connectivity index (χ1) is 14.8. The number of carbonyl (C=O) groups is 3. The summed E-state index contributed by atoms with van der Waals surface area (Å²) in [5.74, 6) is -0.392. The van der Waals surface area contributed by atoms with E-state index in [-0.39, 0.29) is 30.2 Å². The molecule has 0 radical (unpaired) electrons. The van der Waals surface area contributed by atoms with Crippen molar-refractivity contribution in [2.75, 3.05) is 13.2 Å². The molecule has 162 valence electrons. The van der Waals surface area contributed by atoms with Gasteiger partial charge in [-0.3, -0.25) is 19.3 Å². The van der Waals surface area contributed by atoms with Gasteiger partial charge in [0, 0.05) is 11.4 Å². The first-order valence-corrected chi connectivity index (χ1v) is 11.7. The molecule has 0 spiro atoms. The van der Waals surface area contributed by atoms with Gasteiger partial charge in [-0.15, -0.1) is 0 Å². The zero-order chi connectivity index (χ0) is 22.2. The van der Waals surface area contributed by atoms with E-state index in [1.165, 1.54) is 4.90 Å². The van der Waals surface area contributed by atoms with Crippen LogP contribution in [-0.2, 0) is 16.1 Å². The maximum Gasteiger partial charge on any atom is 0.291 e. The Kier molecular flexibility index (Phi) is 6.14. The standard InChI is InChI=1S/C23H24N2O4S2/c1-15-9-10-18-17(13-15)19(26)25(23(2,3)31-18)11-12-29-21-20(27)24(22(28)30-21)14-16-7-5-4-6-8-16/h4-10,13,21H,11-12,14H2,1-3H3. The number of hydrogen-bond donors (Lipinski definition) is 0. The lowest BCUT2D eigenvalue weighted by atomic mass is 10.1. The van der Waals surface area contributed by atoms with Crippen molar-refractivity contribution in [3.8, 4) is 0 Å². The summed E-state index contributed by atoms with van der Waals surface area (Å²) in [4.78, 5) is 41.6. The van der Waals surface area contributed by atoms with Crippen molar-refractivity contribution < 1.29 is 19.1 Å². The van der Waals surface area contributed by atoms with Crippen LogP contribution in [0.5, 0.6) is 0 Å². The molecule has 2 heterocycles. The molecule has 0 bridgehead atoms. The molecule has 1 fully saturated rings. The molecule has 2 aliphatic rings. The van der Waals surface area contributed by atoms with Gasteiger partial charge in [-0.05, 0) is 50.2 Å². The van der Waals surface area contributed by atoms with E-state index < -0.39 is 10.3 Å². The van der Waals surface area contributed by atoms with Crippen LogP contribution in [0.2, 0.25) is 0 Å². The van der Waals surface area contributed by atoms with Gasteiger partial charge in [-0.25, -0.2) is 0 Å². The Morgan fingerprint density at radius 2 is 1.81 bits per heavy atom. The Balaban J connectivity index is 1.38. The monoisotopic (exact) mass is 456 g/mol. The molecular formula is C23H24N2O4S2. The second-order valence-electron chi connectivity index (χ2n) is 8.00. The molecule has 0 aromatic heterocycles. The van der Waals surface area contributed by atoms with Crippen molar-refractivity contribution in [3.05, 3.63) is 65.2 Å². The van der Waals surface area contributed by atoms with Crippen LogP contribution in [0.3, 0.4) is 0 Å². The minimum atomic E-state index is -0.874. The fraction of sp³-hybridized carbons (Fsp3) is 0.348. The quantitative estimate of drug-likeness (QED) is 0.637. The fourth-order valence-corrected chi connectivity index (χ4v) is 5.74. The molecule has 1 atom stereocenters.